The Bertz CT molecular complexity index is 998. The number of para-hydroxylation sites is 1. The maximum absolute atomic E-state index is 14.1. The Balaban J connectivity index is 1.91. The van der Waals surface area contributed by atoms with Gasteiger partial charge in [0.1, 0.15) is 12.4 Å². The predicted molar refractivity (Wildman–Crippen MR) is 93.0 cm³/mol. The van der Waals surface area contributed by atoms with Crippen LogP contribution in [0.2, 0.25) is 5.02 Å². The summed E-state index contributed by atoms with van der Waals surface area (Å²) in [5.74, 6) is -0.866. The minimum Gasteiger partial charge on any atom is -0.335 e. The molecular formula is C18H14ClFN2O2. The Labute approximate surface area is 142 Å². The number of carbonyl (C=O) groups is 1. The first-order valence-electron chi connectivity index (χ1n) is 7.29. The number of nitrogens with one attached hydrogen (secondary N) is 1. The highest BCUT2D eigenvalue weighted by Gasteiger charge is 2.11. The number of amides is 1. The highest BCUT2D eigenvalue weighted by Crippen LogP contribution is 2.20. The van der Waals surface area contributed by atoms with Crippen molar-refractivity contribution in [3.8, 4) is 0 Å². The van der Waals surface area contributed by atoms with Gasteiger partial charge in [0.05, 0.1) is 5.52 Å². The molecule has 0 aliphatic carbocycles. The van der Waals surface area contributed by atoms with E-state index in [2.05, 4.69) is 5.32 Å². The van der Waals surface area contributed by atoms with Gasteiger partial charge in [-0.2, -0.15) is 0 Å². The van der Waals surface area contributed by atoms with Crippen molar-refractivity contribution >= 4 is 34.1 Å². The number of aromatic nitrogens is 1. The van der Waals surface area contributed by atoms with Crippen molar-refractivity contribution in [1.29, 1.82) is 0 Å². The first-order valence-corrected chi connectivity index (χ1v) is 7.67. The van der Waals surface area contributed by atoms with Gasteiger partial charge in [0.25, 0.3) is 0 Å². The molecule has 0 unspecified atom stereocenters. The van der Waals surface area contributed by atoms with Gasteiger partial charge >= 0.3 is 0 Å². The van der Waals surface area contributed by atoms with Crippen LogP contribution in [-0.4, -0.2) is 10.5 Å². The van der Waals surface area contributed by atoms with Crippen LogP contribution in [0, 0.1) is 12.7 Å². The molecule has 6 heteroatoms. The summed E-state index contributed by atoms with van der Waals surface area (Å²) in [5.41, 5.74) is 1.30. The van der Waals surface area contributed by atoms with Crippen molar-refractivity contribution in [3.63, 3.8) is 0 Å². The van der Waals surface area contributed by atoms with Crippen LogP contribution >= 0.6 is 11.6 Å². The Morgan fingerprint density at radius 2 is 2.04 bits per heavy atom. The van der Waals surface area contributed by atoms with Crippen LogP contribution in [0.1, 0.15) is 5.56 Å². The second kappa shape index (κ2) is 6.45. The van der Waals surface area contributed by atoms with Crippen molar-refractivity contribution in [2.75, 3.05) is 5.32 Å². The monoisotopic (exact) mass is 344 g/mol. The number of halogens is 2. The van der Waals surface area contributed by atoms with E-state index in [0.717, 1.165) is 5.56 Å². The number of pyridine rings is 1. The molecular weight excluding hydrogens is 331 g/mol. The van der Waals surface area contributed by atoms with Crippen LogP contribution in [0.15, 0.2) is 53.5 Å². The maximum atomic E-state index is 14.1. The van der Waals surface area contributed by atoms with Gasteiger partial charge in [0, 0.05) is 28.4 Å². The lowest BCUT2D eigenvalue weighted by atomic mass is 10.2. The molecule has 24 heavy (non-hydrogen) atoms. The molecule has 0 fully saturated rings. The molecule has 2 aromatic carbocycles. The number of anilines is 1. The van der Waals surface area contributed by atoms with Crippen LogP contribution in [0.3, 0.4) is 0 Å². The molecule has 1 amide bonds. The molecule has 0 atom stereocenters. The number of carbonyl (C=O) groups excluding carboxylic acids is 1. The summed E-state index contributed by atoms with van der Waals surface area (Å²) in [6.45, 7) is 1.72. The summed E-state index contributed by atoms with van der Waals surface area (Å²) in [6.07, 6.45) is 1.42. The van der Waals surface area contributed by atoms with Gasteiger partial charge in [-0.05, 0) is 42.8 Å². The molecule has 0 saturated carbocycles. The fraction of sp³-hybridized carbons (Fsp3) is 0.111. The molecule has 0 aliphatic heterocycles. The van der Waals surface area contributed by atoms with E-state index in [1.54, 1.807) is 24.3 Å². The van der Waals surface area contributed by atoms with E-state index in [9.17, 15) is 14.0 Å². The van der Waals surface area contributed by atoms with Crippen molar-refractivity contribution in [3.05, 3.63) is 75.3 Å². The fourth-order valence-corrected chi connectivity index (χ4v) is 2.80. The van der Waals surface area contributed by atoms with Crippen molar-refractivity contribution in [1.82, 2.24) is 4.57 Å². The standard InChI is InChI=1S/C18H14ClFN2O2/c1-11-9-12(19)5-6-15(11)21-17(24)10-22-8-7-16(23)13-3-2-4-14(20)18(13)22/h2-9H,10H2,1H3,(H,21,24). The quantitative estimate of drug-likeness (QED) is 0.787. The van der Waals surface area contributed by atoms with Crippen LogP contribution in [0.5, 0.6) is 0 Å². The summed E-state index contributed by atoms with van der Waals surface area (Å²) in [7, 11) is 0. The van der Waals surface area contributed by atoms with Crippen molar-refractivity contribution in [2.24, 2.45) is 0 Å². The largest absolute Gasteiger partial charge is 0.335 e. The smallest absolute Gasteiger partial charge is 0.244 e. The molecule has 0 radical (unpaired) electrons. The number of aryl methyl sites for hydroxylation is 1. The van der Waals surface area contributed by atoms with Gasteiger partial charge in [0.15, 0.2) is 5.43 Å². The summed E-state index contributed by atoms with van der Waals surface area (Å²) < 4.78 is 15.5. The Morgan fingerprint density at radius 1 is 1.25 bits per heavy atom. The van der Waals surface area contributed by atoms with E-state index in [0.29, 0.717) is 10.7 Å². The van der Waals surface area contributed by atoms with Gasteiger partial charge in [-0.25, -0.2) is 4.39 Å². The first kappa shape index (κ1) is 16.2. The zero-order chi connectivity index (χ0) is 17.3. The molecule has 3 aromatic rings. The maximum Gasteiger partial charge on any atom is 0.244 e. The minimum absolute atomic E-state index is 0.111. The molecule has 122 valence electrons. The third kappa shape index (κ3) is 3.16. The average Bonchev–Trinajstić information content (AvgIpc) is 2.53. The second-order valence-corrected chi connectivity index (χ2v) is 5.89. The molecule has 0 saturated heterocycles. The number of hydrogen-bond acceptors (Lipinski definition) is 2. The SMILES string of the molecule is Cc1cc(Cl)ccc1NC(=O)Cn1ccc(=O)c2cccc(F)c21. The van der Waals surface area contributed by atoms with E-state index in [1.807, 2.05) is 6.92 Å². The molecule has 0 bridgehead atoms. The van der Waals surface area contributed by atoms with Crippen molar-refractivity contribution in [2.45, 2.75) is 13.5 Å². The molecule has 1 heterocycles. The third-order valence-corrected chi connectivity index (χ3v) is 3.96. The van der Waals surface area contributed by atoms with Gasteiger partial charge in [-0.15, -0.1) is 0 Å². The van der Waals surface area contributed by atoms with E-state index < -0.39 is 5.82 Å². The Hall–Kier alpha value is -2.66. The lowest BCUT2D eigenvalue weighted by Crippen LogP contribution is -2.21. The molecule has 1 N–H and O–H groups in total. The molecule has 1 aromatic heterocycles. The molecule has 3 rings (SSSR count). The van der Waals surface area contributed by atoms with Gasteiger partial charge < -0.3 is 9.88 Å². The summed E-state index contributed by atoms with van der Waals surface area (Å²) >= 11 is 5.89. The normalized spacial score (nSPS) is 10.8. The molecule has 0 spiro atoms. The summed E-state index contributed by atoms with van der Waals surface area (Å²) in [5, 5.41) is 3.59. The molecule has 0 aliphatic rings. The van der Waals surface area contributed by atoms with Gasteiger partial charge in [0.2, 0.25) is 5.91 Å². The third-order valence-electron chi connectivity index (χ3n) is 3.72. The highest BCUT2D eigenvalue weighted by molar-refractivity contribution is 6.30. The summed E-state index contributed by atoms with van der Waals surface area (Å²) in [4.78, 5) is 24.1. The first-order chi connectivity index (χ1) is 11.5. The van der Waals surface area contributed by atoms with E-state index in [1.165, 1.54) is 29.0 Å². The molecule has 4 nitrogen and oxygen atoms in total. The topological polar surface area (TPSA) is 51.1 Å². The number of benzene rings is 2. The van der Waals surface area contributed by atoms with E-state index >= 15 is 0 Å². The highest BCUT2D eigenvalue weighted by atomic mass is 35.5. The zero-order valence-electron chi connectivity index (χ0n) is 12.8. The van der Waals surface area contributed by atoms with Crippen LogP contribution in [-0.2, 0) is 11.3 Å². The predicted octanol–water partition coefficient (Wildman–Crippen LogP) is 3.74. The van der Waals surface area contributed by atoms with E-state index in [-0.39, 0.29) is 28.8 Å². The van der Waals surface area contributed by atoms with Crippen LogP contribution < -0.4 is 10.7 Å². The lowest BCUT2D eigenvalue weighted by Gasteiger charge is -2.13. The van der Waals surface area contributed by atoms with Gasteiger partial charge in [-0.3, -0.25) is 9.59 Å². The number of hydrogen-bond donors (Lipinski definition) is 1. The minimum atomic E-state index is -0.541. The Morgan fingerprint density at radius 3 is 2.79 bits per heavy atom. The van der Waals surface area contributed by atoms with Crippen LogP contribution in [0.25, 0.3) is 10.9 Å². The fourth-order valence-electron chi connectivity index (χ4n) is 2.57. The zero-order valence-corrected chi connectivity index (χ0v) is 13.6. The lowest BCUT2D eigenvalue weighted by molar-refractivity contribution is -0.116. The van der Waals surface area contributed by atoms with Crippen LogP contribution in [0.4, 0.5) is 10.1 Å². The Kier molecular flexibility index (Phi) is 4.36. The summed E-state index contributed by atoms with van der Waals surface area (Å²) in [6, 6.07) is 10.7. The average molecular weight is 345 g/mol. The number of nitrogens with zero attached hydrogens (tertiary/aromatic N) is 1. The van der Waals surface area contributed by atoms with E-state index in [4.69, 9.17) is 11.6 Å². The number of fused-ring (bicyclic) bond motifs is 1. The van der Waals surface area contributed by atoms with Gasteiger partial charge in [-0.1, -0.05) is 17.7 Å². The second-order valence-electron chi connectivity index (χ2n) is 5.45. The van der Waals surface area contributed by atoms with Crippen molar-refractivity contribution < 1.29 is 9.18 Å². The number of rotatable bonds is 3.